The van der Waals surface area contributed by atoms with Gasteiger partial charge in [0.15, 0.2) is 0 Å². The molecule has 0 bridgehead atoms. The molecule has 1 fully saturated rings. The third-order valence-corrected chi connectivity index (χ3v) is 4.56. The van der Waals surface area contributed by atoms with Gasteiger partial charge in [0.25, 0.3) is 0 Å². The van der Waals surface area contributed by atoms with E-state index in [4.69, 9.17) is 4.74 Å². The van der Waals surface area contributed by atoms with Gasteiger partial charge in [-0.1, -0.05) is 51.3 Å². The number of nitrogens with one attached hydrogen (secondary N) is 1. The molecule has 1 aliphatic rings. The van der Waals surface area contributed by atoms with E-state index < -0.39 is 0 Å². The lowest BCUT2D eigenvalue weighted by Gasteiger charge is -2.38. The second kappa shape index (κ2) is 7.12. The maximum Gasteiger partial charge on any atom is 0.122 e. The Morgan fingerprint density at radius 2 is 1.85 bits per heavy atom. The van der Waals surface area contributed by atoms with Crippen LogP contribution >= 0.6 is 0 Å². The molecule has 0 unspecified atom stereocenters. The normalized spacial score (nSPS) is 18.2. The number of benzene rings is 1. The Morgan fingerprint density at radius 1 is 1.15 bits per heavy atom. The standard InChI is InChI=1S/C18H29NO/c1-15(2)19-14-18(11-7-4-8-12-18)13-16-9-5-6-10-17(16)20-3/h5-6,9-10,15,19H,4,7-8,11-14H2,1-3H3. The van der Waals surface area contributed by atoms with Gasteiger partial charge in [-0.25, -0.2) is 0 Å². The van der Waals surface area contributed by atoms with Crippen LogP contribution in [0.1, 0.15) is 51.5 Å². The predicted molar refractivity (Wildman–Crippen MR) is 85.4 cm³/mol. The van der Waals surface area contributed by atoms with Gasteiger partial charge in [0, 0.05) is 12.6 Å². The van der Waals surface area contributed by atoms with E-state index in [1.807, 2.05) is 0 Å². The molecular weight excluding hydrogens is 246 g/mol. The van der Waals surface area contributed by atoms with Crippen LogP contribution in [0.15, 0.2) is 24.3 Å². The zero-order valence-corrected chi connectivity index (χ0v) is 13.2. The lowest BCUT2D eigenvalue weighted by Crippen LogP contribution is -2.40. The third-order valence-electron chi connectivity index (χ3n) is 4.56. The van der Waals surface area contributed by atoms with E-state index in [1.54, 1.807) is 7.11 Å². The molecule has 0 heterocycles. The zero-order valence-electron chi connectivity index (χ0n) is 13.2. The van der Waals surface area contributed by atoms with Crippen LogP contribution in [-0.2, 0) is 6.42 Å². The van der Waals surface area contributed by atoms with Gasteiger partial charge in [-0.3, -0.25) is 0 Å². The summed E-state index contributed by atoms with van der Waals surface area (Å²) < 4.78 is 5.54. The molecule has 2 heteroatoms. The fourth-order valence-electron chi connectivity index (χ4n) is 3.39. The molecule has 1 N–H and O–H groups in total. The quantitative estimate of drug-likeness (QED) is 0.840. The fraction of sp³-hybridized carbons (Fsp3) is 0.667. The summed E-state index contributed by atoms with van der Waals surface area (Å²) in [5, 5.41) is 3.67. The van der Waals surface area contributed by atoms with Crippen molar-refractivity contribution >= 4 is 0 Å². The highest BCUT2D eigenvalue weighted by atomic mass is 16.5. The molecule has 0 spiro atoms. The molecule has 1 saturated carbocycles. The van der Waals surface area contributed by atoms with Crippen molar-refractivity contribution in [2.24, 2.45) is 5.41 Å². The number of hydrogen-bond acceptors (Lipinski definition) is 2. The van der Waals surface area contributed by atoms with Crippen molar-refractivity contribution in [3.8, 4) is 5.75 Å². The van der Waals surface area contributed by atoms with Gasteiger partial charge in [0.05, 0.1) is 7.11 Å². The van der Waals surface area contributed by atoms with Gasteiger partial charge in [-0.05, 0) is 36.3 Å². The van der Waals surface area contributed by atoms with Gasteiger partial charge in [-0.2, -0.15) is 0 Å². The molecule has 0 amide bonds. The van der Waals surface area contributed by atoms with Crippen LogP contribution in [-0.4, -0.2) is 19.7 Å². The average molecular weight is 275 g/mol. The largest absolute Gasteiger partial charge is 0.496 e. The molecule has 1 aliphatic carbocycles. The number of ether oxygens (including phenoxy) is 1. The van der Waals surface area contributed by atoms with E-state index in [2.05, 4.69) is 43.4 Å². The van der Waals surface area contributed by atoms with Crippen LogP contribution in [0.3, 0.4) is 0 Å². The lowest BCUT2D eigenvalue weighted by atomic mass is 9.70. The van der Waals surface area contributed by atoms with Crippen molar-refractivity contribution in [1.82, 2.24) is 5.32 Å². The van der Waals surface area contributed by atoms with Crippen LogP contribution < -0.4 is 10.1 Å². The van der Waals surface area contributed by atoms with Crippen molar-refractivity contribution in [2.75, 3.05) is 13.7 Å². The predicted octanol–water partition coefficient (Wildman–Crippen LogP) is 4.19. The first-order chi connectivity index (χ1) is 9.65. The third kappa shape index (κ3) is 3.99. The number of para-hydroxylation sites is 1. The summed E-state index contributed by atoms with van der Waals surface area (Å²) in [5.74, 6) is 1.04. The molecule has 0 atom stereocenters. The number of methoxy groups -OCH3 is 1. The lowest BCUT2D eigenvalue weighted by molar-refractivity contribution is 0.175. The van der Waals surface area contributed by atoms with Crippen LogP contribution in [0, 0.1) is 5.41 Å². The molecule has 2 nitrogen and oxygen atoms in total. The minimum atomic E-state index is 0.414. The molecule has 0 aliphatic heterocycles. The van der Waals surface area contributed by atoms with Crippen LogP contribution in [0.2, 0.25) is 0 Å². The van der Waals surface area contributed by atoms with Crippen LogP contribution in [0.4, 0.5) is 0 Å². The fourth-order valence-corrected chi connectivity index (χ4v) is 3.39. The summed E-state index contributed by atoms with van der Waals surface area (Å²) in [6.07, 6.45) is 7.95. The summed E-state index contributed by atoms with van der Waals surface area (Å²) in [5.41, 5.74) is 1.78. The SMILES string of the molecule is COc1ccccc1CC1(CNC(C)C)CCCCC1. The minimum absolute atomic E-state index is 0.414. The highest BCUT2D eigenvalue weighted by Gasteiger charge is 2.32. The topological polar surface area (TPSA) is 21.3 Å². The van der Waals surface area contributed by atoms with Crippen LogP contribution in [0.25, 0.3) is 0 Å². The molecule has 2 rings (SSSR count). The Balaban J connectivity index is 2.14. The first-order valence-electron chi connectivity index (χ1n) is 8.00. The van der Waals surface area contributed by atoms with E-state index in [0.717, 1.165) is 18.7 Å². The smallest absolute Gasteiger partial charge is 0.122 e. The number of rotatable bonds is 6. The Morgan fingerprint density at radius 3 is 2.50 bits per heavy atom. The van der Waals surface area contributed by atoms with Crippen molar-refractivity contribution in [3.63, 3.8) is 0 Å². The summed E-state index contributed by atoms with van der Waals surface area (Å²) in [4.78, 5) is 0. The first-order valence-corrected chi connectivity index (χ1v) is 8.00. The van der Waals surface area contributed by atoms with E-state index in [-0.39, 0.29) is 0 Å². The first kappa shape index (κ1) is 15.4. The van der Waals surface area contributed by atoms with Gasteiger partial charge < -0.3 is 10.1 Å². The Hall–Kier alpha value is -1.02. The zero-order chi connectivity index (χ0) is 14.4. The van der Waals surface area contributed by atoms with Crippen LogP contribution in [0.5, 0.6) is 5.75 Å². The maximum atomic E-state index is 5.54. The molecule has 112 valence electrons. The van der Waals surface area contributed by atoms with Crippen molar-refractivity contribution in [3.05, 3.63) is 29.8 Å². The van der Waals surface area contributed by atoms with E-state index >= 15 is 0 Å². The Bertz CT molecular complexity index is 408. The monoisotopic (exact) mass is 275 g/mol. The molecular formula is C18H29NO. The average Bonchev–Trinajstić information content (AvgIpc) is 2.47. The van der Waals surface area contributed by atoms with Crippen molar-refractivity contribution in [2.45, 2.75) is 58.4 Å². The Kier molecular flexibility index (Phi) is 5.47. The van der Waals surface area contributed by atoms with Gasteiger partial charge in [0.1, 0.15) is 5.75 Å². The van der Waals surface area contributed by atoms with Crippen molar-refractivity contribution < 1.29 is 4.74 Å². The summed E-state index contributed by atoms with van der Waals surface area (Å²) in [6.45, 7) is 5.60. The molecule has 0 saturated heterocycles. The molecule has 1 aromatic rings. The molecule has 0 radical (unpaired) electrons. The highest BCUT2D eigenvalue weighted by molar-refractivity contribution is 5.34. The summed E-state index contributed by atoms with van der Waals surface area (Å²) in [6, 6.07) is 9.06. The minimum Gasteiger partial charge on any atom is -0.496 e. The maximum absolute atomic E-state index is 5.54. The number of hydrogen-bond donors (Lipinski definition) is 1. The van der Waals surface area contributed by atoms with Gasteiger partial charge in [-0.15, -0.1) is 0 Å². The molecule has 20 heavy (non-hydrogen) atoms. The second-order valence-corrected chi connectivity index (χ2v) is 6.58. The highest BCUT2D eigenvalue weighted by Crippen LogP contribution is 2.40. The Labute approximate surface area is 123 Å². The van der Waals surface area contributed by atoms with Crippen molar-refractivity contribution in [1.29, 1.82) is 0 Å². The van der Waals surface area contributed by atoms with Gasteiger partial charge >= 0.3 is 0 Å². The molecule has 0 aromatic heterocycles. The van der Waals surface area contributed by atoms with E-state index in [1.165, 1.54) is 37.7 Å². The summed E-state index contributed by atoms with van der Waals surface area (Å²) in [7, 11) is 1.78. The van der Waals surface area contributed by atoms with Gasteiger partial charge in [0.2, 0.25) is 0 Å². The molecule has 1 aromatic carbocycles. The summed E-state index contributed by atoms with van der Waals surface area (Å²) >= 11 is 0. The second-order valence-electron chi connectivity index (χ2n) is 6.58. The van der Waals surface area contributed by atoms with E-state index in [0.29, 0.717) is 11.5 Å². The van der Waals surface area contributed by atoms with E-state index in [9.17, 15) is 0 Å².